The first-order valence-corrected chi connectivity index (χ1v) is 4.48. The number of aromatic nitrogens is 2. The van der Waals surface area contributed by atoms with E-state index >= 15 is 0 Å². The van der Waals surface area contributed by atoms with Crippen molar-refractivity contribution < 1.29 is 8.78 Å². The van der Waals surface area contributed by atoms with Crippen LogP contribution in [0.2, 0.25) is 0 Å². The molecule has 0 radical (unpaired) electrons. The Labute approximate surface area is 80.8 Å². The quantitative estimate of drug-likeness (QED) is 0.688. The summed E-state index contributed by atoms with van der Waals surface area (Å²) >= 11 is 0. The van der Waals surface area contributed by atoms with Gasteiger partial charge in [-0.2, -0.15) is 0 Å². The second-order valence-electron chi connectivity index (χ2n) is 3.59. The molecule has 3 nitrogen and oxygen atoms in total. The van der Waals surface area contributed by atoms with Gasteiger partial charge in [0.25, 0.3) is 5.92 Å². The van der Waals surface area contributed by atoms with E-state index in [9.17, 15) is 8.78 Å². The van der Waals surface area contributed by atoms with Gasteiger partial charge in [0, 0.05) is 25.4 Å². The third kappa shape index (κ3) is 1.81. The molecule has 0 saturated carbocycles. The van der Waals surface area contributed by atoms with E-state index in [4.69, 9.17) is 0 Å². The summed E-state index contributed by atoms with van der Waals surface area (Å²) in [6.45, 7) is 1.93. The number of nitrogens with zero attached hydrogens (tertiary/aromatic N) is 3. The van der Waals surface area contributed by atoms with Crippen molar-refractivity contribution in [2.75, 3.05) is 18.0 Å². The third-order valence-electron chi connectivity index (χ3n) is 2.22. The lowest BCUT2D eigenvalue weighted by Crippen LogP contribution is -2.26. The molecule has 76 valence electrons. The molecule has 0 aliphatic carbocycles. The second-order valence-corrected chi connectivity index (χ2v) is 3.59. The Kier molecular flexibility index (Phi) is 2.09. The molecule has 0 spiro atoms. The minimum absolute atomic E-state index is 0.107. The molecule has 2 heterocycles. The van der Waals surface area contributed by atoms with E-state index in [1.807, 2.05) is 6.92 Å². The van der Waals surface area contributed by atoms with Gasteiger partial charge in [0.15, 0.2) is 0 Å². The first-order valence-electron chi connectivity index (χ1n) is 4.48. The van der Waals surface area contributed by atoms with Crippen LogP contribution < -0.4 is 4.90 Å². The van der Waals surface area contributed by atoms with Crippen LogP contribution in [-0.2, 0) is 0 Å². The summed E-state index contributed by atoms with van der Waals surface area (Å²) in [4.78, 5) is 9.53. The Morgan fingerprint density at radius 3 is 2.50 bits per heavy atom. The van der Waals surface area contributed by atoms with Crippen LogP contribution in [0.5, 0.6) is 0 Å². The Morgan fingerprint density at radius 1 is 1.36 bits per heavy atom. The lowest BCUT2D eigenvalue weighted by Gasteiger charge is -2.15. The molecule has 1 aliphatic heterocycles. The first kappa shape index (κ1) is 9.30. The maximum absolute atomic E-state index is 12.9. The molecule has 2 rings (SSSR count). The number of alkyl halides is 2. The minimum Gasteiger partial charge on any atom is -0.335 e. The van der Waals surface area contributed by atoms with Gasteiger partial charge in [-0.15, -0.1) is 0 Å². The maximum atomic E-state index is 12.9. The van der Waals surface area contributed by atoms with Crippen LogP contribution in [0.15, 0.2) is 12.4 Å². The molecule has 0 atom stereocenters. The topological polar surface area (TPSA) is 29.0 Å². The minimum atomic E-state index is -2.59. The highest BCUT2D eigenvalue weighted by molar-refractivity contribution is 5.32. The number of hydrogen-bond acceptors (Lipinski definition) is 3. The van der Waals surface area contributed by atoms with Gasteiger partial charge in [0.1, 0.15) is 0 Å². The molecule has 0 amide bonds. The number of hydrogen-bond donors (Lipinski definition) is 0. The molecule has 0 aromatic carbocycles. The normalized spacial score (nSPS) is 20.1. The molecule has 0 bridgehead atoms. The van der Waals surface area contributed by atoms with Crippen LogP contribution in [0.3, 0.4) is 0 Å². The highest BCUT2D eigenvalue weighted by atomic mass is 19.3. The van der Waals surface area contributed by atoms with Crippen molar-refractivity contribution in [1.82, 2.24) is 9.97 Å². The van der Waals surface area contributed by atoms with Crippen molar-refractivity contribution in [2.45, 2.75) is 19.3 Å². The SMILES string of the molecule is Cc1cnc(N2CCC(F)(F)C2)nc1. The second kappa shape index (κ2) is 3.15. The lowest BCUT2D eigenvalue weighted by atomic mass is 10.3. The van der Waals surface area contributed by atoms with Crippen molar-refractivity contribution >= 4 is 5.95 Å². The summed E-state index contributed by atoms with van der Waals surface area (Å²) in [5.74, 6) is -2.19. The fourth-order valence-corrected chi connectivity index (χ4v) is 1.46. The monoisotopic (exact) mass is 199 g/mol. The Hall–Kier alpha value is -1.26. The Balaban J connectivity index is 2.14. The van der Waals surface area contributed by atoms with Gasteiger partial charge < -0.3 is 4.90 Å². The summed E-state index contributed by atoms with van der Waals surface area (Å²) in [6.07, 6.45) is 3.17. The Bertz CT molecular complexity index is 323. The zero-order valence-corrected chi connectivity index (χ0v) is 7.87. The van der Waals surface area contributed by atoms with Crippen LogP contribution in [0.4, 0.5) is 14.7 Å². The van der Waals surface area contributed by atoms with Gasteiger partial charge in [-0.3, -0.25) is 0 Å². The van der Waals surface area contributed by atoms with Crippen molar-refractivity contribution in [3.8, 4) is 0 Å². The van der Waals surface area contributed by atoms with E-state index in [-0.39, 0.29) is 13.0 Å². The van der Waals surface area contributed by atoms with E-state index in [0.29, 0.717) is 12.5 Å². The summed E-state index contributed by atoms with van der Waals surface area (Å²) in [6, 6.07) is 0. The van der Waals surface area contributed by atoms with E-state index < -0.39 is 5.92 Å². The highest BCUT2D eigenvalue weighted by Gasteiger charge is 2.39. The fraction of sp³-hybridized carbons (Fsp3) is 0.556. The van der Waals surface area contributed by atoms with Crippen molar-refractivity contribution in [3.05, 3.63) is 18.0 Å². The molecule has 1 saturated heterocycles. The van der Waals surface area contributed by atoms with E-state index in [1.165, 1.54) is 4.90 Å². The predicted molar refractivity (Wildman–Crippen MR) is 48.5 cm³/mol. The standard InChI is InChI=1S/C9H11F2N3/c1-7-4-12-8(13-5-7)14-3-2-9(10,11)6-14/h4-5H,2-3,6H2,1H3. The molecule has 1 aromatic rings. The van der Waals surface area contributed by atoms with Crippen LogP contribution in [0.1, 0.15) is 12.0 Å². The molecule has 1 aliphatic rings. The van der Waals surface area contributed by atoms with Gasteiger partial charge in [0.05, 0.1) is 6.54 Å². The fourth-order valence-electron chi connectivity index (χ4n) is 1.46. The molecule has 14 heavy (non-hydrogen) atoms. The summed E-state index contributed by atoms with van der Waals surface area (Å²) in [5, 5.41) is 0. The summed E-state index contributed by atoms with van der Waals surface area (Å²) < 4.78 is 25.7. The van der Waals surface area contributed by atoms with Gasteiger partial charge in [0.2, 0.25) is 5.95 Å². The van der Waals surface area contributed by atoms with E-state index in [1.54, 1.807) is 12.4 Å². The van der Waals surface area contributed by atoms with Crippen molar-refractivity contribution in [3.63, 3.8) is 0 Å². The molecule has 1 fully saturated rings. The molecular formula is C9H11F2N3. The van der Waals surface area contributed by atoms with Crippen LogP contribution in [0, 0.1) is 6.92 Å². The number of halogens is 2. The van der Waals surface area contributed by atoms with Gasteiger partial charge in [-0.1, -0.05) is 0 Å². The highest BCUT2D eigenvalue weighted by Crippen LogP contribution is 2.28. The van der Waals surface area contributed by atoms with Gasteiger partial charge >= 0.3 is 0 Å². The molecule has 0 N–H and O–H groups in total. The average molecular weight is 199 g/mol. The number of rotatable bonds is 1. The Morgan fingerprint density at radius 2 is 2.00 bits per heavy atom. The van der Waals surface area contributed by atoms with Gasteiger partial charge in [-0.05, 0) is 12.5 Å². The number of aryl methyl sites for hydroxylation is 1. The average Bonchev–Trinajstić information content (AvgIpc) is 2.47. The summed E-state index contributed by atoms with van der Waals surface area (Å²) in [7, 11) is 0. The molecule has 1 aromatic heterocycles. The molecule has 0 unspecified atom stereocenters. The van der Waals surface area contributed by atoms with Crippen LogP contribution in [-0.4, -0.2) is 29.0 Å². The van der Waals surface area contributed by atoms with Crippen LogP contribution in [0.25, 0.3) is 0 Å². The predicted octanol–water partition coefficient (Wildman–Crippen LogP) is 1.63. The molecular weight excluding hydrogens is 188 g/mol. The first-order chi connectivity index (χ1) is 6.57. The third-order valence-corrected chi connectivity index (χ3v) is 2.22. The van der Waals surface area contributed by atoms with Gasteiger partial charge in [-0.25, -0.2) is 18.7 Å². The lowest BCUT2D eigenvalue weighted by molar-refractivity contribution is 0.0256. The van der Waals surface area contributed by atoms with E-state index in [2.05, 4.69) is 9.97 Å². The maximum Gasteiger partial charge on any atom is 0.267 e. The zero-order chi connectivity index (χ0) is 10.2. The zero-order valence-electron chi connectivity index (χ0n) is 7.87. The van der Waals surface area contributed by atoms with E-state index in [0.717, 1.165) is 5.56 Å². The largest absolute Gasteiger partial charge is 0.335 e. The summed E-state index contributed by atoms with van der Waals surface area (Å²) in [5.41, 5.74) is 0.930. The van der Waals surface area contributed by atoms with Crippen molar-refractivity contribution in [2.24, 2.45) is 0 Å². The molecule has 5 heteroatoms. The number of anilines is 1. The van der Waals surface area contributed by atoms with Crippen molar-refractivity contribution in [1.29, 1.82) is 0 Å². The van der Waals surface area contributed by atoms with Crippen LogP contribution >= 0.6 is 0 Å². The smallest absolute Gasteiger partial charge is 0.267 e.